The molecule has 146 valence electrons. The molecule has 0 aliphatic rings. The van der Waals surface area contributed by atoms with Crippen molar-refractivity contribution in [2.45, 2.75) is 105 Å². The van der Waals surface area contributed by atoms with E-state index in [1.807, 2.05) is 0 Å². The van der Waals surface area contributed by atoms with Crippen molar-refractivity contribution in [3.8, 4) is 0 Å². The van der Waals surface area contributed by atoms with Crippen LogP contribution in [0.25, 0.3) is 0 Å². The molecule has 0 aliphatic carbocycles. The van der Waals surface area contributed by atoms with Crippen molar-refractivity contribution in [1.82, 2.24) is 5.32 Å². The summed E-state index contributed by atoms with van der Waals surface area (Å²) in [6.45, 7) is 14.4. The number of ether oxygens (including phenoxy) is 2. The average molecular weight is 344 g/mol. The van der Waals surface area contributed by atoms with Crippen LogP contribution in [-0.2, 0) is 9.47 Å². The molecule has 0 aromatic carbocycles. The van der Waals surface area contributed by atoms with E-state index in [9.17, 15) is 0 Å². The molecule has 0 aromatic rings. The first kappa shape index (κ1) is 23.9. The van der Waals surface area contributed by atoms with Crippen molar-refractivity contribution in [3.05, 3.63) is 0 Å². The van der Waals surface area contributed by atoms with Gasteiger partial charge < -0.3 is 14.8 Å². The molecule has 0 rings (SSSR count). The van der Waals surface area contributed by atoms with Crippen molar-refractivity contribution in [1.29, 1.82) is 0 Å². The van der Waals surface area contributed by atoms with Gasteiger partial charge in [-0.25, -0.2) is 0 Å². The summed E-state index contributed by atoms with van der Waals surface area (Å²) in [6, 6.07) is 0. The Balaban J connectivity index is 4.39. The van der Waals surface area contributed by atoms with E-state index >= 15 is 0 Å². The van der Waals surface area contributed by atoms with Crippen LogP contribution in [0.2, 0.25) is 0 Å². The summed E-state index contributed by atoms with van der Waals surface area (Å²) < 4.78 is 12.1. The number of unbranched alkanes of at least 4 members (excludes halogenated alkanes) is 6. The van der Waals surface area contributed by atoms with Gasteiger partial charge in [-0.05, 0) is 53.1 Å². The van der Waals surface area contributed by atoms with Gasteiger partial charge in [0.2, 0.25) is 0 Å². The molecule has 0 fully saturated rings. The summed E-state index contributed by atoms with van der Waals surface area (Å²) in [5.74, 6) is 0.0389. The van der Waals surface area contributed by atoms with Gasteiger partial charge >= 0.3 is 0 Å². The van der Waals surface area contributed by atoms with Crippen LogP contribution < -0.4 is 5.32 Å². The van der Waals surface area contributed by atoms with Crippen molar-refractivity contribution in [2.24, 2.45) is 5.92 Å². The second kappa shape index (κ2) is 16.4. The average Bonchev–Trinajstić information content (AvgIpc) is 2.56. The molecule has 0 spiro atoms. The van der Waals surface area contributed by atoms with Crippen LogP contribution >= 0.6 is 0 Å². The monoisotopic (exact) mass is 343 g/mol. The minimum Gasteiger partial charge on any atom is -0.350 e. The Labute approximate surface area is 152 Å². The van der Waals surface area contributed by atoms with Crippen LogP contribution in [-0.4, -0.2) is 32.1 Å². The summed E-state index contributed by atoms with van der Waals surface area (Å²) in [6.07, 6.45) is 12.9. The predicted octanol–water partition coefficient (Wildman–Crippen LogP) is 5.92. The maximum Gasteiger partial charge on any atom is 0.168 e. The molecular weight excluding hydrogens is 298 g/mol. The quantitative estimate of drug-likeness (QED) is 0.247. The molecule has 0 amide bonds. The highest BCUT2D eigenvalue weighted by Gasteiger charge is 2.34. The first-order valence-electron chi connectivity index (χ1n) is 10.6. The van der Waals surface area contributed by atoms with E-state index < -0.39 is 5.79 Å². The van der Waals surface area contributed by atoms with Gasteiger partial charge in [0, 0.05) is 19.1 Å². The maximum absolute atomic E-state index is 6.06. The Morgan fingerprint density at radius 2 is 1.29 bits per heavy atom. The number of rotatable bonds is 18. The van der Waals surface area contributed by atoms with Crippen LogP contribution in [0, 0.1) is 5.92 Å². The molecule has 1 N–H and O–H groups in total. The molecule has 0 radical (unpaired) electrons. The third-order valence-corrected chi connectivity index (χ3v) is 4.89. The zero-order chi connectivity index (χ0) is 18.1. The van der Waals surface area contributed by atoms with E-state index in [4.69, 9.17) is 9.47 Å². The third kappa shape index (κ3) is 11.4. The van der Waals surface area contributed by atoms with Crippen molar-refractivity contribution < 1.29 is 9.47 Å². The highest BCUT2D eigenvalue weighted by molar-refractivity contribution is 4.77. The molecule has 0 aliphatic heterocycles. The summed E-state index contributed by atoms with van der Waals surface area (Å²) in [4.78, 5) is 0. The second-order valence-electron chi connectivity index (χ2n) is 7.03. The molecule has 0 saturated heterocycles. The first-order chi connectivity index (χ1) is 11.6. The molecule has 0 saturated carbocycles. The summed E-state index contributed by atoms with van der Waals surface area (Å²) in [7, 11) is 0. The van der Waals surface area contributed by atoms with Gasteiger partial charge in [0.15, 0.2) is 5.79 Å². The van der Waals surface area contributed by atoms with E-state index in [0.29, 0.717) is 19.1 Å². The third-order valence-electron chi connectivity index (χ3n) is 4.89. The topological polar surface area (TPSA) is 30.5 Å². The molecule has 0 bridgehead atoms. The fourth-order valence-electron chi connectivity index (χ4n) is 3.39. The van der Waals surface area contributed by atoms with E-state index in [0.717, 1.165) is 19.5 Å². The highest BCUT2D eigenvalue weighted by Crippen LogP contribution is 2.31. The standard InChI is InChI=1S/C21H45NO2/c1-6-10-12-13-14-15-16-20(17-19-22-18-11-7-2)21(5,23-8-3)24-9-4/h20,22H,6-19H2,1-5H3. The largest absolute Gasteiger partial charge is 0.350 e. The Morgan fingerprint density at radius 3 is 1.88 bits per heavy atom. The molecule has 3 heteroatoms. The fraction of sp³-hybridized carbons (Fsp3) is 1.00. The molecule has 3 nitrogen and oxygen atoms in total. The molecule has 1 unspecified atom stereocenters. The lowest BCUT2D eigenvalue weighted by atomic mass is 9.89. The van der Waals surface area contributed by atoms with E-state index in [1.165, 1.54) is 57.8 Å². The predicted molar refractivity (Wildman–Crippen MR) is 106 cm³/mol. The highest BCUT2D eigenvalue weighted by atomic mass is 16.7. The van der Waals surface area contributed by atoms with Gasteiger partial charge in [-0.15, -0.1) is 0 Å². The van der Waals surface area contributed by atoms with Crippen molar-refractivity contribution >= 4 is 0 Å². The zero-order valence-corrected chi connectivity index (χ0v) is 17.3. The lowest BCUT2D eigenvalue weighted by molar-refractivity contribution is -0.254. The maximum atomic E-state index is 6.06. The van der Waals surface area contributed by atoms with Gasteiger partial charge in [-0.2, -0.15) is 0 Å². The molecule has 0 heterocycles. The Hall–Kier alpha value is -0.120. The Kier molecular flexibility index (Phi) is 16.3. The minimum atomic E-state index is -0.431. The van der Waals surface area contributed by atoms with E-state index in [2.05, 4.69) is 39.9 Å². The van der Waals surface area contributed by atoms with Gasteiger partial charge in [-0.3, -0.25) is 0 Å². The summed E-state index contributed by atoms with van der Waals surface area (Å²) >= 11 is 0. The molecule has 0 aromatic heterocycles. The Bertz CT molecular complexity index is 252. The van der Waals surface area contributed by atoms with Crippen LogP contribution in [0.4, 0.5) is 0 Å². The Morgan fingerprint density at radius 1 is 0.708 bits per heavy atom. The minimum absolute atomic E-state index is 0.431. The SMILES string of the molecule is CCCCCCCCC(CCNCCCC)C(C)(OCC)OCC. The second-order valence-corrected chi connectivity index (χ2v) is 7.03. The number of hydrogen-bond acceptors (Lipinski definition) is 3. The summed E-state index contributed by atoms with van der Waals surface area (Å²) in [5.41, 5.74) is 0. The molecular formula is C21H45NO2. The van der Waals surface area contributed by atoms with Gasteiger partial charge in [-0.1, -0.05) is 58.8 Å². The van der Waals surface area contributed by atoms with Crippen LogP contribution in [0.3, 0.4) is 0 Å². The smallest absolute Gasteiger partial charge is 0.168 e. The van der Waals surface area contributed by atoms with E-state index in [-0.39, 0.29) is 0 Å². The van der Waals surface area contributed by atoms with Crippen molar-refractivity contribution in [2.75, 3.05) is 26.3 Å². The lowest BCUT2D eigenvalue weighted by Crippen LogP contribution is -2.42. The van der Waals surface area contributed by atoms with Crippen molar-refractivity contribution in [3.63, 3.8) is 0 Å². The number of hydrogen-bond donors (Lipinski definition) is 1. The first-order valence-corrected chi connectivity index (χ1v) is 10.6. The van der Waals surface area contributed by atoms with E-state index in [1.54, 1.807) is 0 Å². The fourth-order valence-corrected chi connectivity index (χ4v) is 3.39. The molecule has 1 atom stereocenters. The zero-order valence-electron chi connectivity index (χ0n) is 17.3. The van der Waals surface area contributed by atoms with Crippen LogP contribution in [0.5, 0.6) is 0 Å². The lowest BCUT2D eigenvalue weighted by Gasteiger charge is -2.37. The summed E-state index contributed by atoms with van der Waals surface area (Å²) in [5, 5.41) is 3.58. The number of nitrogens with one attached hydrogen (secondary N) is 1. The van der Waals surface area contributed by atoms with Gasteiger partial charge in [0.05, 0.1) is 0 Å². The van der Waals surface area contributed by atoms with Crippen LogP contribution in [0.1, 0.15) is 98.8 Å². The van der Waals surface area contributed by atoms with Gasteiger partial charge in [0.1, 0.15) is 0 Å². The molecule has 24 heavy (non-hydrogen) atoms. The van der Waals surface area contributed by atoms with Crippen LogP contribution in [0.15, 0.2) is 0 Å². The normalized spacial score (nSPS) is 13.4. The van der Waals surface area contributed by atoms with Gasteiger partial charge in [0.25, 0.3) is 0 Å².